The van der Waals surface area contributed by atoms with Gasteiger partial charge in [-0.05, 0) is 49.9 Å². The van der Waals surface area contributed by atoms with Crippen molar-refractivity contribution >= 4 is 33.2 Å². The summed E-state index contributed by atoms with van der Waals surface area (Å²) in [6.07, 6.45) is 2.09. The first-order valence-corrected chi connectivity index (χ1v) is 11.2. The number of aryl methyl sites for hydroxylation is 1. The Bertz CT molecular complexity index is 976. The Labute approximate surface area is 171 Å². The first-order chi connectivity index (χ1) is 13.8. The number of anilines is 2. The summed E-state index contributed by atoms with van der Waals surface area (Å²) in [6, 6.07) is 16.3. The van der Waals surface area contributed by atoms with Gasteiger partial charge in [0.25, 0.3) is 0 Å². The van der Waals surface area contributed by atoms with Gasteiger partial charge in [0.1, 0.15) is 0 Å². The van der Waals surface area contributed by atoms with E-state index in [0.29, 0.717) is 30.8 Å². The number of amides is 2. The Kier molecular flexibility index (Phi) is 6.53. The number of nitrogens with one attached hydrogen (secondary N) is 2. The lowest BCUT2D eigenvalue weighted by Gasteiger charge is -2.18. The number of carbonyl (C=O) groups is 2. The van der Waals surface area contributed by atoms with Gasteiger partial charge in [-0.25, -0.2) is 8.42 Å². The zero-order valence-corrected chi connectivity index (χ0v) is 17.1. The van der Waals surface area contributed by atoms with Gasteiger partial charge in [-0.1, -0.05) is 36.4 Å². The molecule has 0 unspecified atom stereocenters. The van der Waals surface area contributed by atoms with Crippen molar-refractivity contribution in [1.29, 1.82) is 0 Å². The van der Waals surface area contributed by atoms with Crippen molar-refractivity contribution in [2.45, 2.75) is 32.2 Å². The summed E-state index contributed by atoms with van der Waals surface area (Å²) in [6.45, 7) is 2.27. The molecule has 0 radical (unpaired) electrons. The molecule has 1 atom stereocenters. The highest BCUT2D eigenvalue weighted by Crippen LogP contribution is 2.26. The zero-order valence-electron chi connectivity index (χ0n) is 16.3. The van der Waals surface area contributed by atoms with Crippen molar-refractivity contribution in [3.63, 3.8) is 0 Å². The quantitative estimate of drug-likeness (QED) is 0.708. The molecule has 2 aromatic rings. The Morgan fingerprint density at radius 3 is 2.52 bits per heavy atom. The molecular weight excluding hydrogens is 390 g/mol. The molecule has 1 fully saturated rings. The first-order valence-electron chi connectivity index (χ1n) is 9.61. The molecule has 0 aromatic heterocycles. The molecule has 0 aliphatic carbocycles. The van der Waals surface area contributed by atoms with Crippen molar-refractivity contribution in [2.75, 3.05) is 21.9 Å². The van der Waals surface area contributed by atoms with E-state index >= 15 is 0 Å². The van der Waals surface area contributed by atoms with Crippen LogP contribution in [0.25, 0.3) is 0 Å². The highest BCUT2D eigenvalue weighted by atomic mass is 32.2. The molecule has 154 valence electrons. The molecule has 1 saturated heterocycles. The summed E-state index contributed by atoms with van der Waals surface area (Å²) in [5, 5.41) is 5.24. The maximum absolute atomic E-state index is 12.2. The van der Waals surface area contributed by atoms with Crippen LogP contribution >= 0.6 is 0 Å². The minimum atomic E-state index is -3.31. The molecule has 2 N–H and O–H groups in total. The topological polar surface area (TPSA) is 95.6 Å². The number of carbonyl (C=O) groups excluding carboxylic acids is 2. The summed E-state index contributed by atoms with van der Waals surface area (Å²) < 4.78 is 25.5. The van der Waals surface area contributed by atoms with Crippen molar-refractivity contribution < 1.29 is 18.0 Å². The number of rotatable bonds is 6. The lowest BCUT2D eigenvalue weighted by atomic mass is 10.1. The summed E-state index contributed by atoms with van der Waals surface area (Å²) in [5.74, 6) is -1.38. The third-order valence-electron chi connectivity index (χ3n) is 4.78. The van der Waals surface area contributed by atoms with E-state index in [4.69, 9.17) is 0 Å². The SMILES string of the molecule is C[C@H](CCc1ccccc1)NC(=O)C(=O)Nc1cccc(N2CCCS2(=O)=O)c1. The van der Waals surface area contributed by atoms with Gasteiger partial charge in [0.15, 0.2) is 0 Å². The third kappa shape index (κ3) is 5.57. The van der Waals surface area contributed by atoms with Gasteiger partial charge in [0.05, 0.1) is 11.4 Å². The number of hydrogen-bond acceptors (Lipinski definition) is 4. The number of benzene rings is 2. The predicted molar refractivity (Wildman–Crippen MR) is 113 cm³/mol. The average Bonchev–Trinajstić information content (AvgIpc) is 3.06. The number of sulfonamides is 1. The van der Waals surface area contributed by atoms with E-state index in [9.17, 15) is 18.0 Å². The van der Waals surface area contributed by atoms with Crippen molar-refractivity contribution in [1.82, 2.24) is 5.32 Å². The van der Waals surface area contributed by atoms with Crippen LogP contribution < -0.4 is 14.9 Å². The maximum Gasteiger partial charge on any atom is 0.313 e. The zero-order chi connectivity index (χ0) is 20.9. The first kappa shape index (κ1) is 20.9. The second-order valence-electron chi connectivity index (χ2n) is 7.14. The Balaban J connectivity index is 1.54. The molecular formula is C21H25N3O4S. The van der Waals surface area contributed by atoms with Gasteiger partial charge in [-0.15, -0.1) is 0 Å². The van der Waals surface area contributed by atoms with E-state index in [1.54, 1.807) is 24.3 Å². The third-order valence-corrected chi connectivity index (χ3v) is 6.65. The normalized spacial score (nSPS) is 16.2. The molecule has 1 aliphatic heterocycles. The molecule has 0 bridgehead atoms. The molecule has 7 nitrogen and oxygen atoms in total. The molecule has 0 saturated carbocycles. The van der Waals surface area contributed by atoms with Gasteiger partial charge in [0.2, 0.25) is 10.0 Å². The van der Waals surface area contributed by atoms with E-state index in [0.717, 1.165) is 6.42 Å². The predicted octanol–water partition coefficient (Wildman–Crippen LogP) is 2.30. The van der Waals surface area contributed by atoms with Gasteiger partial charge < -0.3 is 10.6 Å². The van der Waals surface area contributed by atoms with Crippen LogP contribution in [-0.2, 0) is 26.0 Å². The Morgan fingerprint density at radius 2 is 1.83 bits per heavy atom. The molecule has 2 aromatic carbocycles. The summed E-state index contributed by atoms with van der Waals surface area (Å²) in [7, 11) is -3.31. The monoisotopic (exact) mass is 415 g/mol. The summed E-state index contributed by atoms with van der Waals surface area (Å²) in [4.78, 5) is 24.4. The van der Waals surface area contributed by atoms with Crippen LogP contribution in [0.2, 0.25) is 0 Å². The van der Waals surface area contributed by atoms with Crippen molar-refractivity contribution in [2.24, 2.45) is 0 Å². The lowest BCUT2D eigenvalue weighted by Crippen LogP contribution is -2.40. The van der Waals surface area contributed by atoms with Gasteiger partial charge in [0, 0.05) is 18.3 Å². The standard InChI is InChI=1S/C21H25N3O4S/c1-16(11-12-17-7-3-2-4-8-17)22-20(25)21(26)23-18-9-5-10-19(15-18)24-13-6-14-29(24,27)28/h2-5,7-10,15-16H,6,11-14H2,1H3,(H,22,25)(H,23,26)/t16-/m1/s1. The van der Waals surface area contributed by atoms with E-state index in [-0.39, 0.29) is 11.8 Å². The van der Waals surface area contributed by atoms with Crippen LogP contribution in [0.15, 0.2) is 54.6 Å². The Morgan fingerprint density at radius 1 is 1.07 bits per heavy atom. The number of nitrogens with zero attached hydrogens (tertiary/aromatic N) is 1. The van der Waals surface area contributed by atoms with Gasteiger partial charge in [-0.3, -0.25) is 13.9 Å². The van der Waals surface area contributed by atoms with Crippen LogP contribution in [-0.4, -0.2) is 38.6 Å². The fourth-order valence-electron chi connectivity index (χ4n) is 3.25. The fourth-order valence-corrected chi connectivity index (χ4v) is 4.80. The minimum Gasteiger partial charge on any atom is -0.345 e. The molecule has 1 aliphatic rings. The second-order valence-corrected chi connectivity index (χ2v) is 9.16. The minimum absolute atomic E-state index is 0.118. The fraction of sp³-hybridized carbons (Fsp3) is 0.333. The highest BCUT2D eigenvalue weighted by molar-refractivity contribution is 7.93. The van der Waals surface area contributed by atoms with E-state index in [1.807, 2.05) is 37.3 Å². The summed E-state index contributed by atoms with van der Waals surface area (Å²) >= 11 is 0. The van der Waals surface area contributed by atoms with Crippen LogP contribution in [0.5, 0.6) is 0 Å². The molecule has 29 heavy (non-hydrogen) atoms. The molecule has 1 heterocycles. The van der Waals surface area contributed by atoms with E-state index < -0.39 is 21.8 Å². The average molecular weight is 416 g/mol. The smallest absolute Gasteiger partial charge is 0.313 e. The summed E-state index contributed by atoms with van der Waals surface area (Å²) in [5.41, 5.74) is 2.03. The van der Waals surface area contributed by atoms with Gasteiger partial charge in [-0.2, -0.15) is 0 Å². The number of hydrogen-bond donors (Lipinski definition) is 2. The van der Waals surface area contributed by atoms with Crippen molar-refractivity contribution in [3.05, 3.63) is 60.2 Å². The van der Waals surface area contributed by atoms with Crippen LogP contribution in [0.4, 0.5) is 11.4 Å². The van der Waals surface area contributed by atoms with E-state index in [1.165, 1.54) is 9.87 Å². The maximum atomic E-state index is 12.2. The van der Waals surface area contributed by atoms with Crippen LogP contribution in [0.1, 0.15) is 25.3 Å². The van der Waals surface area contributed by atoms with Crippen LogP contribution in [0.3, 0.4) is 0 Å². The second kappa shape index (κ2) is 9.09. The molecule has 0 spiro atoms. The van der Waals surface area contributed by atoms with Gasteiger partial charge >= 0.3 is 11.8 Å². The molecule has 3 rings (SSSR count). The van der Waals surface area contributed by atoms with E-state index in [2.05, 4.69) is 10.6 Å². The van der Waals surface area contributed by atoms with Crippen molar-refractivity contribution in [3.8, 4) is 0 Å². The molecule has 2 amide bonds. The Hall–Kier alpha value is -2.87. The largest absolute Gasteiger partial charge is 0.345 e. The molecule has 8 heteroatoms. The van der Waals surface area contributed by atoms with Crippen LogP contribution in [0, 0.1) is 0 Å². The highest BCUT2D eigenvalue weighted by Gasteiger charge is 2.28. The lowest BCUT2D eigenvalue weighted by molar-refractivity contribution is -0.136.